The van der Waals surface area contributed by atoms with Crippen LogP contribution in [-0.2, 0) is 0 Å². The summed E-state index contributed by atoms with van der Waals surface area (Å²) < 4.78 is 0. The van der Waals surface area contributed by atoms with Crippen molar-refractivity contribution in [3.05, 3.63) is 34.6 Å². The molecule has 2 aliphatic heterocycles. The standard InChI is InChI=1S/C8H4N4/c1-2-9-6-4-8-7(3-5(1)6)10-12-11-8/h1-4H. The van der Waals surface area contributed by atoms with Gasteiger partial charge in [0.25, 0.3) is 0 Å². The van der Waals surface area contributed by atoms with E-state index in [2.05, 4.69) is 20.4 Å². The molecule has 0 aromatic heterocycles. The van der Waals surface area contributed by atoms with Crippen molar-refractivity contribution in [2.24, 2.45) is 20.4 Å². The van der Waals surface area contributed by atoms with E-state index in [4.69, 9.17) is 0 Å². The van der Waals surface area contributed by atoms with Gasteiger partial charge in [-0.05, 0) is 23.4 Å². The maximum Gasteiger partial charge on any atom is 0.117 e. The molecule has 4 heteroatoms. The van der Waals surface area contributed by atoms with Gasteiger partial charge in [-0.15, -0.1) is 10.2 Å². The van der Waals surface area contributed by atoms with Crippen LogP contribution in [0.25, 0.3) is 6.08 Å². The second-order valence-electron chi connectivity index (χ2n) is 2.63. The zero-order chi connectivity index (χ0) is 7.97. The first kappa shape index (κ1) is 5.77. The minimum atomic E-state index is 0.807. The van der Waals surface area contributed by atoms with Crippen LogP contribution < -0.4 is 10.7 Å². The molecule has 0 N–H and O–H groups in total. The van der Waals surface area contributed by atoms with E-state index in [1.807, 2.05) is 18.2 Å². The number of hydrogen-bond acceptors (Lipinski definition) is 4. The second kappa shape index (κ2) is 1.85. The van der Waals surface area contributed by atoms with Crippen LogP contribution in [0.2, 0.25) is 0 Å². The van der Waals surface area contributed by atoms with Crippen molar-refractivity contribution in [1.29, 1.82) is 0 Å². The number of benzene rings is 1. The highest BCUT2D eigenvalue weighted by Gasteiger charge is 2.06. The van der Waals surface area contributed by atoms with Crippen LogP contribution in [0.4, 0.5) is 5.69 Å². The largest absolute Gasteiger partial charge is 0.256 e. The van der Waals surface area contributed by atoms with Crippen molar-refractivity contribution in [1.82, 2.24) is 0 Å². The number of hydrogen-bond donors (Lipinski definition) is 0. The number of rotatable bonds is 0. The van der Waals surface area contributed by atoms with Crippen molar-refractivity contribution >= 4 is 11.8 Å². The van der Waals surface area contributed by atoms with Gasteiger partial charge in [-0.25, -0.2) is 0 Å². The van der Waals surface area contributed by atoms with E-state index >= 15 is 0 Å². The molecule has 0 amide bonds. The molecule has 1 aromatic carbocycles. The predicted octanol–water partition coefficient (Wildman–Crippen LogP) is 0.922. The lowest BCUT2D eigenvalue weighted by Gasteiger charge is -1.89. The monoisotopic (exact) mass is 156 g/mol. The first-order valence-corrected chi connectivity index (χ1v) is 3.61. The second-order valence-corrected chi connectivity index (χ2v) is 2.63. The summed E-state index contributed by atoms with van der Waals surface area (Å²) in [6, 6.07) is 3.84. The van der Waals surface area contributed by atoms with Crippen LogP contribution in [-0.4, -0.2) is 0 Å². The average Bonchev–Trinajstić information content (AvgIpc) is 2.64. The molecule has 56 valence electrons. The Morgan fingerprint density at radius 3 is 3.08 bits per heavy atom. The Kier molecular flexibility index (Phi) is 0.889. The zero-order valence-corrected chi connectivity index (χ0v) is 6.10. The quantitative estimate of drug-likeness (QED) is 0.536. The summed E-state index contributed by atoms with van der Waals surface area (Å²) in [5, 5.41) is 13.1. The molecule has 2 heterocycles. The van der Waals surface area contributed by atoms with Crippen molar-refractivity contribution in [2.75, 3.05) is 0 Å². The van der Waals surface area contributed by atoms with Crippen molar-refractivity contribution in [3.8, 4) is 0 Å². The minimum Gasteiger partial charge on any atom is -0.256 e. The number of nitrogens with zero attached hydrogens (tertiary/aromatic N) is 4. The van der Waals surface area contributed by atoms with E-state index in [1.54, 1.807) is 6.20 Å². The topological polar surface area (TPSA) is 49.4 Å². The lowest BCUT2D eigenvalue weighted by Crippen LogP contribution is -2.09. The van der Waals surface area contributed by atoms with Gasteiger partial charge in [-0.1, -0.05) is 0 Å². The highest BCUT2D eigenvalue weighted by molar-refractivity contribution is 5.55. The Morgan fingerprint density at radius 1 is 1.08 bits per heavy atom. The third-order valence-corrected chi connectivity index (χ3v) is 1.90. The zero-order valence-electron chi connectivity index (χ0n) is 6.10. The minimum absolute atomic E-state index is 0.807. The Bertz CT molecular complexity index is 475. The van der Waals surface area contributed by atoms with Crippen molar-refractivity contribution in [3.63, 3.8) is 0 Å². The molecular weight excluding hydrogens is 152 g/mol. The SMILES string of the molecule is C1=Cc2cc3c(cc2=N1)N=NN=3. The van der Waals surface area contributed by atoms with Crippen LogP contribution >= 0.6 is 0 Å². The van der Waals surface area contributed by atoms with Crippen LogP contribution in [0, 0.1) is 0 Å². The first-order chi connectivity index (χ1) is 5.93. The summed E-state index contributed by atoms with van der Waals surface area (Å²) in [4.78, 5) is 4.15. The van der Waals surface area contributed by atoms with Crippen molar-refractivity contribution in [2.45, 2.75) is 0 Å². The Morgan fingerprint density at radius 2 is 2.08 bits per heavy atom. The molecule has 0 unspecified atom stereocenters. The smallest absolute Gasteiger partial charge is 0.117 e. The molecule has 0 aliphatic carbocycles. The summed E-state index contributed by atoms with van der Waals surface area (Å²) in [7, 11) is 0. The maximum absolute atomic E-state index is 4.15. The molecule has 0 atom stereocenters. The third kappa shape index (κ3) is 0.611. The Labute approximate surface area is 67.7 Å². The van der Waals surface area contributed by atoms with E-state index in [9.17, 15) is 0 Å². The highest BCUT2D eigenvalue weighted by Crippen LogP contribution is 2.10. The number of fused-ring (bicyclic) bond motifs is 2. The van der Waals surface area contributed by atoms with E-state index in [0.717, 1.165) is 22.0 Å². The summed E-state index contributed by atoms with van der Waals surface area (Å²) in [5.41, 5.74) is 1.89. The van der Waals surface area contributed by atoms with Crippen molar-refractivity contribution < 1.29 is 0 Å². The lowest BCUT2D eigenvalue weighted by molar-refractivity contribution is 1.08. The molecule has 0 saturated heterocycles. The van der Waals surface area contributed by atoms with Gasteiger partial charge in [0.1, 0.15) is 11.0 Å². The van der Waals surface area contributed by atoms with Gasteiger partial charge >= 0.3 is 0 Å². The molecule has 3 rings (SSSR count). The summed E-state index contributed by atoms with van der Waals surface area (Å²) in [5.74, 6) is 0. The third-order valence-electron chi connectivity index (χ3n) is 1.90. The molecule has 4 nitrogen and oxygen atoms in total. The van der Waals surface area contributed by atoms with Crippen LogP contribution in [0.5, 0.6) is 0 Å². The summed E-state index contributed by atoms with van der Waals surface area (Å²) >= 11 is 0. The van der Waals surface area contributed by atoms with Gasteiger partial charge in [0.2, 0.25) is 0 Å². The fourth-order valence-corrected chi connectivity index (χ4v) is 1.30. The maximum atomic E-state index is 4.15. The first-order valence-electron chi connectivity index (χ1n) is 3.61. The molecule has 12 heavy (non-hydrogen) atoms. The Hall–Kier alpha value is -1.84. The molecule has 0 saturated carbocycles. The fourth-order valence-electron chi connectivity index (χ4n) is 1.30. The van der Waals surface area contributed by atoms with Gasteiger partial charge in [-0.2, -0.15) is 0 Å². The van der Waals surface area contributed by atoms with Gasteiger partial charge in [-0.3, -0.25) is 4.99 Å². The van der Waals surface area contributed by atoms with Gasteiger partial charge in [0.05, 0.1) is 5.36 Å². The average molecular weight is 156 g/mol. The molecular formula is C8H4N4. The van der Waals surface area contributed by atoms with Crippen LogP contribution in [0.1, 0.15) is 5.56 Å². The van der Waals surface area contributed by atoms with Gasteiger partial charge in [0.15, 0.2) is 0 Å². The van der Waals surface area contributed by atoms with E-state index in [-0.39, 0.29) is 0 Å². The summed E-state index contributed by atoms with van der Waals surface area (Å²) in [6.45, 7) is 0. The van der Waals surface area contributed by atoms with Crippen LogP contribution in [0.15, 0.2) is 38.8 Å². The molecule has 0 spiro atoms. The van der Waals surface area contributed by atoms with Gasteiger partial charge in [0, 0.05) is 11.8 Å². The Balaban J connectivity index is 2.50. The lowest BCUT2D eigenvalue weighted by atomic mass is 10.2. The van der Waals surface area contributed by atoms with Gasteiger partial charge < -0.3 is 0 Å². The predicted molar refractivity (Wildman–Crippen MR) is 42.3 cm³/mol. The van der Waals surface area contributed by atoms with E-state index in [1.165, 1.54) is 0 Å². The molecule has 0 fully saturated rings. The van der Waals surface area contributed by atoms with E-state index in [0.29, 0.717) is 0 Å². The summed E-state index contributed by atoms with van der Waals surface area (Å²) in [6.07, 6.45) is 3.72. The fraction of sp³-hybridized carbons (Fsp3) is 0. The van der Waals surface area contributed by atoms with Crippen LogP contribution in [0.3, 0.4) is 0 Å². The molecule has 0 radical (unpaired) electrons. The molecule has 1 aromatic rings. The molecule has 2 aliphatic rings. The highest BCUT2D eigenvalue weighted by atomic mass is 15.4. The van der Waals surface area contributed by atoms with E-state index < -0.39 is 0 Å². The molecule has 0 bridgehead atoms. The normalized spacial score (nSPS) is 15.3.